The van der Waals surface area contributed by atoms with E-state index in [1.807, 2.05) is 45.9 Å². The van der Waals surface area contributed by atoms with Crippen molar-refractivity contribution in [3.8, 4) is 22.8 Å². The zero-order valence-corrected chi connectivity index (χ0v) is 24.3. The Hall–Kier alpha value is -3.52. The molecule has 1 N–H and O–H groups in total. The second-order valence-electron chi connectivity index (χ2n) is 11.9. The molecule has 0 spiro atoms. The molecule has 1 amide bonds. The summed E-state index contributed by atoms with van der Waals surface area (Å²) in [7, 11) is 4.24. The van der Waals surface area contributed by atoms with Crippen LogP contribution in [0.5, 0.6) is 11.5 Å². The van der Waals surface area contributed by atoms with E-state index in [-0.39, 0.29) is 23.4 Å². The molecule has 2 aliphatic heterocycles. The Morgan fingerprint density at radius 2 is 1.85 bits per heavy atom. The van der Waals surface area contributed by atoms with Crippen molar-refractivity contribution in [2.24, 2.45) is 5.92 Å². The van der Waals surface area contributed by atoms with Crippen molar-refractivity contribution in [2.75, 3.05) is 20.6 Å². The molecule has 3 aromatic rings. The summed E-state index contributed by atoms with van der Waals surface area (Å²) in [6.07, 6.45) is 5.43. The number of H-pyrrole nitrogens is 1. The van der Waals surface area contributed by atoms with Gasteiger partial charge in [0, 0.05) is 42.4 Å². The van der Waals surface area contributed by atoms with Crippen LogP contribution < -0.4 is 15.0 Å². The Morgan fingerprint density at radius 1 is 1.07 bits per heavy atom. The monoisotopic (exact) mass is 545 g/mol. The molecule has 0 radical (unpaired) electrons. The Bertz CT molecular complexity index is 1510. The number of hydrogen-bond donors (Lipinski definition) is 1. The van der Waals surface area contributed by atoms with Crippen LogP contribution >= 0.6 is 0 Å². The van der Waals surface area contributed by atoms with Gasteiger partial charge in [0.25, 0.3) is 11.5 Å². The number of nitrogens with one attached hydrogen (secondary N) is 1. The number of furan rings is 1. The fourth-order valence-electron chi connectivity index (χ4n) is 7.23. The maximum Gasteiger partial charge on any atom is 0.254 e. The number of hydrogen-bond acceptors (Lipinski definition) is 6. The number of carbonyl (C=O) groups excluding carboxylic acids is 1. The predicted octanol–water partition coefficient (Wildman–Crippen LogP) is 5.02. The number of nitrogens with zero attached hydrogens (tertiary/aromatic N) is 2. The van der Waals surface area contributed by atoms with Gasteiger partial charge >= 0.3 is 0 Å². The van der Waals surface area contributed by atoms with Crippen molar-refractivity contribution in [2.45, 2.75) is 78.2 Å². The third-order valence-corrected chi connectivity index (χ3v) is 9.17. The Balaban J connectivity index is 1.40. The fourth-order valence-corrected chi connectivity index (χ4v) is 7.23. The normalized spacial score (nSPS) is 24.1. The number of aryl methyl sites for hydroxylation is 2. The summed E-state index contributed by atoms with van der Waals surface area (Å²) in [6, 6.07) is 6.28. The summed E-state index contributed by atoms with van der Waals surface area (Å²) >= 11 is 0. The average molecular weight is 546 g/mol. The van der Waals surface area contributed by atoms with E-state index in [1.54, 1.807) is 6.26 Å². The lowest BCUT2D eigenvalue weighted by Crippen LogP contribution is -2.53. The largest absolute Gasteiger partial charge is 0.464 e. The van der Waals surface area contributed by atoms with Crippen LogP contribution in [0.3, 0.4) is 0 Å². The lowest BCUT2D eigenvalue weighted by atomic mass is 9.75. The number of aromatic nitrogens is 1. The first-order valence-electron chi connectivity index (χ1n) is 14.4. The van der Waals surface area contributed by atoms with Gasteiger partial charge in [-0.05, 0) is 102 Å². The van der Waals surface area contributed by atoms with Crippen molar-refractivity contribution in [1.82, 2.24) is 14.8 Å². The van der Waals surface area contributed by atoms with Gasteiger partial charge in [0.1, 0.15) is 5.76 Å². The molecular formula is C32H39N3O5. The van der Waals surface area contributed by atoms with Crippen LogP contribution in [-0.4, -0.2) is 59.7 Å². The van der Waals surface area contributed by atoms with Gasteiger partial charge in [-0.15, -0.1) is 0 Å². The van der Waals surface area contributed by atoms with E-state index in [1.165, 1.54) is 0 Å². The summed E-state index contributed by atoms with van der Waals surface area (Å²) < 4.78 is 18.0. The highest BCUT2D eigenvalue weighted by Gasteiger charge is 2.43. The van der Waals surface area contributed by atoms with Gasteiger partial charge in [0.15, 0.2) is 11.5 Å². The van der Waals surface area contributed by atoms with Gasteiger partial charge in [-0.1, -0.05) is 0 Å². The molecule has 1 fully saturated rings. The first-order chi connectivity index (χ1) is 19.1. The van der Waals surface area contributed by atoms with Crippen LogP contribution in [0.4, 0.5) is 0 Å². The topological polar surface area (TPSA) is 88.0 Å². The molecule has 0 bridgehead atoms. The van der Waals surface area contributed by atoms with Crippen molar-refractivity contribution in [3.63, 3.8) is 0 Å². The smallest absolute Gasteiger partial charge is 0.254 e. The van der Waals surface area contributed by atoms with Crippen molar-refractivity contribution < 1.29 is 18.7 Å². The third kappa shape index (κ3) is 4.42. The van der Waals surface area contributed by atoms with Crippen molar-refractivity contribution in [1.29, 1.82) is 0 Å². The number of ether oxygens (including phenoxy) is 2. The summed E-state index contributed by atoms with van der Waals surface area (Å²) in [4.78, 5) is 34.8. The van der Waals surface area contributed by atoms with E-state index >= 15 is 0 Å². The van der Waals surface area contributed by atoms with E-state index in [4.69, 9.17) is 13.9 Å². The Labute approximate surface area is 235 Å². The maximum absolute atomic E-state index is 14.5. The molecule has 3 aliphatic rings. The van der Waals surface area contributed by atoms with Gasteiger partial charge in [0.2, 0.25) is 6.29 Å². The minimum Gasteiger partial charge on any atom is -0.464 e. The van der Waals surface area contributed by atoms with Crippen LogP contribution in [0, 0.1) is 26.7 Å². The fraction of sp³-hybridized carbons (Fsp3) is 0.500. The number of carbonyl (C=O) groups is 1. The first-order valence-corrected chi connectivity index (χ1v) is 14.4. The summed E-state index contributed by atoms with van der Waals surface area (Å²) in [5.41, 5.74) is 6.02. The van der Waals surface area contributed by atoms with Gasteiger partial charge in [-0.3, -0.25) is 9.59 Å². The Morgan fingerprint density at radius 3 is 2.55 bits per heavy atom. The number of pyridine rings is 1. The minimum absolute atomic E-state index is 0.0145. The minimum atomic E-state index is -0.431. The van der Waals surface area contributed by atoms with E-state index in [2.05, 4.69) is 28.9 Å². The molecule has 1 aliphatic carbocycles. The highest BCUT2D eigenvalue weighted by atomic mass is 16.7. The lowest BCUT2D eigenvalue weighted by molar-refractivity contribution is 0.0413. The third-order valence-electron chi connectivity index (χ3n) is 9.17. The van der Waals surface area contributed by atoms with Gasteiger partial charge in [0.05, 0.1) is 17.4 Å². The summed E-state index contributed by atoms with van der Waals surface area (Å²) in [6.45, 7) is 8.37. The highest BCUT2D eigenvalue weighted by Crippen LogP contribution is 2.51. The average Bonchev–Trinajstić information content (AvgIpc) is 3.56. The van der Waals surface area contributed by atoms with E-state index in [0.29, 0.717) is 48.3 Å². The molecule has 40 heavy (non-hydrogen) atoms. The number of rotatable bonds is 5. The molecule has 3 unspecified atom stereocenters. The SMILES string of the molecule is Cc1cc(C)c(CC2CC(N(C)C)CCC2N2CCc3c(c(C)c4c(c3-c3ccco3)O[C@H](C)O4)C2=O)c(=O)[nH]1. The van der Waals surface area contributed by atoms with Crippen LogP contribution in [0.2, 0.25) is 0 Å². The van der Waals surface area contributed by atoms with Gasteiger partial charge in [-0.25, -0.2) is 0 Å². The summed E-state index contributed by atoms with van der Waals surface area (Å²) in [5.74, 6) is 2.18. The zero-order valence-electron chi connectivity index (χ0n) is 24.3. The van der Waals surface area contributed by atoms with E-state index < -0.39 is 6.29 Å². The lowest BCUT2D eigenvalue weighted by Gasteiger charge is -2.46. The molecule has 4 atom stereocenters. The van der Waals surface area contributed by atoms with E-state index in [0.717, 1.165) is 52.8 Å². The molecule has 1 aromatic carbocycles. The molecule has 8 nitrogen and oxygen atoms in total. The molecule has 212 valence electrons. The number of benzene rings is 1. The molecule has 0 saturated heterocycles. The first kappa shape index (κ1) is 26.7. The van der Waals surface area contributed by atoms with Crippen LogP contribution in [0.1, 0.15) is 64.5 Å². The van der Waals surface area contributed by atoms with E-state index in [9.17, 15) is 9.59 Å². The number of fused-ring (bicyclic) bond motifs is 2. The van der Waals surface area contributed by atoms with Crippen LogP contribution in [0.25, 0.3) is 11.3 Å². The highest BCUT2D eigenvalue weighted by molar-refractivity contribution is 6.02. The zero-order chi connectivity index (χ0) is 28.3. The van der Waals surface area contributed by atoms with Gasteiger partial charge < -0.3 is 28.7 Å². The standard InChI is InChI=1S/C32H39N3O5/c1-17-14-18(2)33-31(36)24(17)16-21-15-22(34(5)6)9-10-25(21)35-12-11-23-27(32(35)37)19(3)29-30(40-20(4)39-29)28(23)26-8-7-13-38-26/h7-8,13-14,20-22,25H,9-12,15-16H2,1-6H3,(H,33,36)/t20-,21?,22?,25?/m1/s1. The molecular weight excluding hydrogens is 506 g/mol. The summed E-state index contributed by atoms with van der Waals surface area (Å²) in [5, 5.41) is 0. The van der Waals surface area contributed by atoms with Crippen LogP contribution in [-0.2, 0) is 12.8 Å². The molecule has 6 rings (SSSR count). The predicted molar refractivity (Wildman–Crippen MR) is 153 cm³/mol. The molecule has 4 heterocycles. The second-order valence-corrected chi connectivity index (χ2v) is 11.9. The molecule has 2 aromatic heterocycles. The van der Waals surface area contributed by atoms with Gasteiger partial charge in [-0.2, -0.15) is 0 Å². The van der Waals surface area contributed by atoms with Crippen molar-refractivity contribution >= 4 is 5.91 Å². The van der Waals surface area contributed by atoms with Crippen LogP contribution in [0.15, 0.2) is 33.7 Å². The van der Waals surface area contributed by atoms with Crippen molar-refractivity contribution in [3.05, 3.63) is 68.3 Å². The second kappa shape index (κ2) is 10.1. The maximum atomic E-state index is 14.5. The quantitative estimate of drug-likeness (QED) is 0.485. The molecule has 1 saturated carbocycles. The number of amides is 1. The Kier molecular flexibility index (Phi) is 6.77. The molecule has 8 heteroatoms. The number of aromatic amines is 1.